The van der Waals surface area contributed by atoms with Gasteiger partial charge in [-0.25, -0.2) is 9.97 Å². The van der Waals surface area contributed by atoms with Gasteiger partial charge in [-0.05, 0) is 49.9 Å². The van der Waals surface area contributed by atoms with Crippen molar-refractivity contribution < 1.29 is 0 Å². The van der Waals surface area contributed by atoms with Crippen LogP contribution in [0.25, 0.3) is 0 Å². The average Bonchev–Trinajstić information content (AvgIpc) is 3.29. The molecule has 1 N–H and O–H groups in total. The Kier molecular flexibility index (Phi) is 4.18. The monoisotopic (exact) mass is 365 g/mol. The van der Waals surface area contributed by atoms with Crippen LogP contribution in [0.1, 0.15) is 42.6 Å². The molecule has 1 heterocycles. The van der Waals surface area contributed by atoms with Crippen LogP contribution in [-0.2, 0) is 6.42 Å². The molecule has 0 amide bonds. The Bertz CT molecular complexity index is 683. The zero-order chi connectivity index (χ0) is 15.0. The lowest BCUT2D eigenvalue weighted by Gasteiger charge is -2.14. The van der Waals surface area contributed by atoms with Gasteiger partial charge in [-0.1, -0.05) is 34.5 Å². The van der Waals surface area contributed by atoms with Crippen molar-refractivity contribution in [3.05, 3.63) is 44.8 Å². The number of hydrogen-bond acceptors (Lipinski definition) is 3. The fraction of sp³-hybridized carbons (Fsp3) is 0.375. The van der Waals surface area contributed by atoms with E-state index in [9.17, 15) is 0 Å². The van der Waals surface area contributed by atoms with Gasteiger partial charge < -0.3 is 5.32 Å². The van der Waals surface area contributed by atoms with Crippen LogP contribution in [0, 0.1) is 6.92 Å². The van der Waals surface area contributed by atoms with Crippen molar-refractivity contribution in [3.8, 4) is 0 Å². The number of hydrogen-bond donors (Lipinski definition) is 1. The van der Waals surface area contributed by atoms with Crippen molar-refractivity contribution >= 4 is 39.0 Å². The highest BCUT2D eigenvalue weighted by molar-refractivity contribution is 9.10. The third kappa shape index (κ3) is 3.22. The third-order valence-corrected chi connectivity index (χ3v) is 4.61. The first-order valence-corrected chi connectivity index (χ1v) is 8.35. The highest BCUT2D eigenvalue weighted by atomic mass is 79.9. The summed E-state index contributed by atoms with van der Waals surface area (Å²) in [5.41, 5.74) is 3.21. The zero-order valence-corrected chi connectivity index (χ0v) is 14.4. The summed E-state index contributed by atoms with van der Waals surface area (Å²) < 4.78 is 1.08. The van der Waals surface area contributed by atoms with Crippen LogP contribution in [-0.4, -0.2) is 9.97 Å². The fourth-order valence-corrected chi connectivity index (χ4v) is 2.84. The van der Waals surface area contributed by atoms with Gasteiger partial charge in [0.15, 0.2) is 0 Å². The van der Waals surface area contributed by atoms with Crippen LogP contribution < -0.4 is 5.32 Å². The molecule has 0 bridgehead atoms. The van der Waals surface area contributed by atoms with Gasteiger partial charge in [-0.2, -0.15) is 0 Å². The van der Waals surface area contributed by atoms with E-state index >= 15 is 0 Å². The maximum atomic E-state index is 6.26. The van der Waals surface area contributed by atoms with Crippen molar-refractivity contribution in [3.63, 3.8) is 0 Å². The summed E-state index contributed by atoms with van der Waals surface area (Å²) in [7, 11) is 0. The van der Waals surface area contributed by atoms with Gasteiger partial charge in [0.05, 0.1) is 0 Å². The molecule has 5 heteroatoms. The van der Waals surface area contributed by atoms with Gasteiger partial charge in [0.25, 0.3) is 0 Å². The molecule has 3 rings (SSSR count). The van der Waals surface area contributed by atoms with Crippen molar-refractivity contribution in [1.82, 2.24) is 9.97 Å². The van der Waals surface area contributed by atoms with Crippen molar-refractivity contribution in [1.29, 1.82) is 0 Å². The Morgan fingerprint density at radius 3 is 2.76 bits per heavy atom. The van der Waals surface area contributed by atoms with Crippen LogP contribution >= 0.6 is 27.5 Å². The second-order valence-electron chi connectivity index (χ2n) is 5.40. The molecule has 1 aromatic carbocycles. The number of nitrogens with zero attached hydrogens (tertiary/aromatic N) is 2. The maximum absolute atomic E-state index is 6.26. The Labute approximate surface area is 138 Å². The molecule has 1 aromatic heterocycles. The van der Waals surface area contributed by atoms with Gasteiger partial charge in [-0.3, -0.25) is 0 Å². The Morgan fingerprint density at radius 2 is 2.10 bits per heavy atom. The molecule has 1 aliphatic carbocycles. The summed E-state index contributed by atoms with van der Waals surface area (Å²) in [5.74, 6) is 2.16. The van der Waals surface area contributed by atoms with Crippen LogP contribution in [0.3, 0.4) is 0 Å². The lowest BCUT2D eigenvalue weighted by Crippen LogP contribution is -2.04. The lowest BCUT2D eigenvalue weighted by molar-refractivity contribution is 0.921. The molecule has 1 aliphatic rings. The molecule has 21 heavy (non-hydrogen) atoms. The second-order valence-corrected chi connectivity index (χ2v) is 6.67. The normalized spacial score (nSPS) is 14.3. The molecule has 3 nitrogen and oxygen atoms in total. The van der Waals surface area contributed by atoms with Crippen molar-refractivity contribution in [2.24, 2.45) is 0 Å². The first kappa shape index (κ1) is 14.8. The van der Waals surface area contributed by atoms with Crippen LogP contribution in [0.15, 0.2) is 22.7 Å². The topological polar surface area (TPSA) is 37.8 Å². The predicted octanol–water partition coefficient (Wildman–Crippen LogP) is 5.38. The number of benzene rings is 1. The average molecular weight is 367 g/mol. The van der Waals surface area contributed by atoms with E-state index in [0.717, 1.165) is 46.6 Å². The van der Waals surface area contributed by atoms with Gasteiger partial charge >= 0.3 is 0 Å². The summed E-state index contributed by atoms with van der Waals surface area (Å²) in [5, 5.41) is 3.97. The molecule has 0 spiro atoms. The van der Waals surface area contributed by atoms with Crippen molar-refractivity contribution in [2.45, 2.75) is 39.0 Å². The number of rotatable bonds is 4. The standard InChI is InChI=1S/C16H17BrClN3/c1-3-10-8-12(17)6-7-13(10)19-15-9(2)14(18)20-16(21-15)11-4-5-11/h6-8,11H,3-5H2,1-2H3,(H,19,20,21). The minimum atomic E-state index is 0.485. The lowest BCUT2D eigenvalue weighted by atomic mass is 10.1. The van der Waals surface area contributed by atoms with Crippen LogP contribution in [0.2, 0.25) is 5.15 Å². The summed E-state index contributed by atoms with van der Waals surface area (Å²) in [4.78, 5) is 9.07. The summed E-state index contributed by atoms with van der Waals surface area (Å²) in [6.45, 7) is 4.09. The number of aryl methyl sites for hydroxylation is 1. The summed E-state index contributed by atoms with van der Waals surface area (Å²) in [6.07, 6.45) is 3.28. The first-order chi connectivity index (χ1) is 10.1. The van der Waals surface area contributed by atoms with Crippen molar-refractivity contribution in [2.75, 3.05) is 5.32 Å². The fourth-order valence-electron chi connectivity index (χ4n) is 2.26. The predicted molar refractivity (Wildman–Crippen MR) is 90.6 cm³/mol. The van der Waals surface area contributed by atoms with Gasteiger partial charge in [0, 0.05) is 21.6 Å². The second kappa shape index (κ2) is 5.93. The SMILES string of the molecule is CCc1cc(Br)ccc1Nc1nc(C2CC2)nc(Cl)c1C. The van der Waals surface area contributed by atoms with E-state index in [0.29, 0.717) is 11.1 Å². The van der Waals surface area contributed by atoms with Crippen LogP contribution in [0.4, 0.5) is 11.5 Å². The molecule has 0 unspecified atom stereocenters. The Morgan fingerprint density at radius 1 is 1.33 bits per heavy atom. The summed E-state index contributed by atoms with van der Waals surface area (Å²) in [6, 6.07) is 6.22. The Balaban J connectivity index is 1.97. The van der Waals surface area contributed by atoms with E-state index in [1.54, 1.807) is 0 Å². The van der Waals surface area contributed by atoms with E-state index in [1.807, 2.05) is 13.0 Å². The maximum Gasteiger partial charge on any atom is 0.138 e. The molecule has 110 valence electrons. The highest BCUT2D eigenvalue weighted by Gasteiger charge is 2.28. The molecule has 0 radical (unpaired) electrons. The third-order valence-electron chi connectivity index (χ3n) is 3.75. The van der Waals surface area contributed by atoms with E-state index in [-0.39, 0.29) is 0 Å². The van der Waals surface area contributed by atoms with E-state index < -0.39 is 0 Å². The molecule has 1 saturated carbocycles. The minimum Gasteiger partial charge on any atom is -0.340 e. The molecule has 0 saturated heterocycles. The smallest absolute Gasteiger partial charge is 0.138 e. The quantitative estimate of drug-likeness (QED) is 0.738. The highest BCUT2D eigenvalue weighted by Crippen LogP contribution is 2.40. The number of nitrogens with one attached hydrogen (secondary N) is 1. The van der Waals surface area contributed by atoms with Gasteiger partial charge in [-0.15, -0.1) is 0 Å². The number of anilines is 2. The van der Waals surface area contributed by atoms with E-state index in [4.69, 9.17) is 11.6 Å². The van der Waals surface area contributed by atoms with Gasteiger partial charge in [0.2, 0.25) is 0 Å². The van der Waals surface area contributed by atoms with E-state index in [2.05, 4.69) is 50.3 Å². The van der Waals surface area contributed by atoms with Crippen LogP contribution in [0.5, 0.6) is 0 Å². The molecule has 1 fully saturated rings. The molecule has 0 aliphatic heterocycles. The largest absolute Gasteiger partial charge is 0.340 e. The summed E-state index contributed by atoms with van der Waals surface area (Å²) >= 11 is 9.77. The number of aromatic nitrogens is 2. The zero-order valence-electron chi connectivity index (χ0n) is 12.1. The molecule has 2 aromatic rings. The Hall–Kier alpha value is -1.13. The molecular formula is C16H17BrClN3. The van der Waals surface area contributed by atoms with Gasteiger partial charge in [0.1, 0.15) is 16.8 Å². The first-order valence-electron chi connectivity index (χ1n) is 7.18. The number of halogens is 2. The molecular weight excluding hydrogens is 350 g/mol. The van der Waals surface area contributed by atoms with E-state index in [1.165, 1.54) is 5.56 Å². The molecule has 0 atom stereocenters. The minimum absolute atomic E-state index is 0.485.